The van der Waals surface area contributed by atoms with Crippen molar-refractivity contribution in [2.24, 2.45) is 0 Å². The molecule has 2 aromatic carbocycles. The van der Waals surface area contributed by atoms with E-state index in [4.69, 9.17) is 0 Å². The number of rotatable bonds is 4. The van der Waals surface area contributed by atoms with Crippen LogP contribution in [0.2, 0.25) is 0 Å². The van der Waals surface area contributed by atoms with Gasteiger partial charge in [0.2, 0.25) is 0 Å². The van der Waals surface area contributed by atoms with Crippen molar-refractivity contribution >= 4 is 16.7 Å². The second-order valence-electron chi connectivity index (χ2n) is 6.12. The van der Waals surface area contributed by atoms with Crippen LogP contribution in [0.3, 0.4) is 0 Å². The van der Waals surface area contributed by atoms with Crippen molar-refractivity contribution in [3.05, 3.63) is 70.4 Å². The van der Waals surface area contributed by atoms with Gasteiger partial charge in [0.25, 0.3) is 0 Å². The van der Waals surface area contributed by atoms with Crippen LogP contribution in [0.25, 0.3) is 10.9 Å². The highest BCUT2D eigenvalue weighted by Gasteiger charge is 2.22. The Morgan fingerprint density at radius 3 is 2.48 bits per heavy atom. The minimum atomic E-state index is -0.0174. The van der Waals surface area contributed by atoms with Crippen LogP contribution in [0, 0.1) is 13.8 Å². The second-order valence-corrected chi connectivity index (χ2v) is 6.12. The molecule has 0 saturated carbocycles. The van der Waals surface area contributed by atoms with Gasteiger partial charge in [0.1, 0.15) is 0 Å². The first kappa shape index (κ1) is 15.5. The van der Waals surface area contributed by atoms with Gasteiger partial charge in [-0.05, 0) is 31.0 Å². The maximum atomic E-state index is 13.0. The van der Waals surface area contributed by atoms with E-state index in [2.05, 4.69) is 4.98 Å². The molecule has 0 bridgehead atoms. The molecule has 0 radical (unpaired) electrons. The molecular weight excluding hydrogens is 286 g/mol. The molecular formula is C20H21NO2. The molecule has 3 rings (SSSR count). The normalized spacial score (nSPS) is 12.5. The van der Waals surface area contributed by atoms with Gasteiger partial charge in [0.05, 0.1) is 5.56 Å². The molecule has 3 aromatic rings. The summed E-state index contributed by atoms with van der Waals surface area (Å²) in [5.74, 6) is 0.00237. The Bertz CT molecular complexity index is 862. The third-order valence-corrected chi connectivity index (χ3v) is 4.44. The van der Waals surface area contributed by atoms with Crippen LogP contribution in [-0.4, -0.2) is 22.5 Å². The fourth-order valence-corrected chi connectivity index (χ4v) is 3.29. The maximum Gasteiger partial charge on any atom is 0.195 e. The average Bonchev–Trinajstić information content (AvgIpc) is 2.90. The van der Waals surface area contributed by atoms with Gasteiger partial charge >= 0.3 is 0 Å². The monoisotopic (exact) mass is 307 g/mol. The fourth-order valence-electron chi connectivity index (χ4n) is 3.29. The summed E-state index contributed by atoms with van der Waals surface area (Å²) >= 11 is 0. The van der Waals surface area contributed by atoms with E-state index >= 15 is 0 Å². The summed E-state index contributed by atoms with van der Waals surface area (Å²) in [6, 6.07) is 13.4. The predicted octanol–water partition coefficient (Wildman–Crippen LogP) is 4.11. The van der Waals surface area contributed by atoms with Crippen LogP contribution in [0.15, 0.2) is 42.5 Å². The Balaban J connectivity index is 2.31. The number of aromatic nitrogens is 1. The van der Waals surface area contributed by atoms with Gasteiger partial charge in [-0.3, -0.25) is 4.79 Å². The number of carbonyl (C=O) groups is 1. The molecule has 0 amide bonds. The first-order chi connectivity index (χ1) is 11.0. The second kappa shape index (κ2) is 6.01. The lowest BCUT2D eigenvalue weighted by molar-refractivity contribution is 0.103. The lowest BCUT2D eigenvalue weighted by Crippen LogP contribution is -2.07. The summed E-state index contributed by atoms with van der Waals surface area (Å²) in [4.78, 5) is 16.4. The van der Waals surface area contributed by atoms with E-state index in [1.54, 1.807) is 0 Å². The van der Waals surface area contributed by atoms with E-state index in [1.165, 1.54) is 0 Å². The van der Waals surface area contributed by atoms with Crippen LogP contribution in [0.1, 0.15) is 45.6 Å². The minimum absolute atomic E-state index is 0.0174. The Kier molecular flexibility index (Phi) is 4.05. The van der Waals surface area contributed by atoms with E-state index in [9.17, 15) is 9.90 Å². The zero-order valence-electron chi connectivity index (χ0n) is 13.7. The van der Waals surface area contributed by atoms with E-state index in [-0.39, 0.29) is 18.3 Å². The van der Waals surface area contributed by atoms with Crippen LogP contribution in [0.4, 0.5) is 0 Å². The number of aromatic amines is 1. The summed E-state index contributed by atoms with van der Waals surface area (Å²) in [7, 11) is 0. The average molecular weight is 307 g/mol. The number of aliphatic hydroxyl groups is 1. The standard InChI is InChI=1S/C20H21NO2/c1-12-9-10-16-19(17(12)13(2)11-22)18(14(3)21-16)20(23)15-7-5-4-6-8-15/h4-10,13,21-22H,11H2,1-3H3. The molecule has 23 heavy (non-hydrogen) atoms. The SMILES string of the molecule is Cc1ccc2[nH]c(C)c(C(=O)c3ccccc3)c2c1C(C)CO. The zero-order chi connectivity index (χ0) is 16.6. The van der Waals surface area contributed by atoms with Crippen molar-refractivity contribution in [2.45, 2.75) is 26.7 Å². The first-order valence-electron chi connectivity index (χ1n) is 7.87. The molecule has 1 atom stereocenters. The molecule has 0 aliphatic carbocycles. The molecule has 118 valence electrons. The zero-order valence-corrected chi connectivity index (χ0v) is 13.7. The summed E-state index contributed by atoms with van der Waals surface area (Å²) in [6.45, 7) is 6.00. The molecule has 0 aliphatic heterocycles. The lowest BCUT2D eigenvalue weighted by atomic mass is 9.89. The highest BCUT2D eigenvalue weighted by atomic mass is 16.3. The number of aliphatic hydroxyl groups excluding tert-OH is 1. The number of hydrogen-bond donors (Lipinski definition) is 2. The van der Waals surface area contributed by atoms with E-state index in [1.807, 2.05) is 63.2 Å². The number of nitrogens with one attached hydrogen (secondary N) is 1. The van der Waals surface area contributed by atoms with Gasteiger partial charge in [-0.1, -0.05) is 43.3 Å². The summed E-state index contributed by atoms with van der Waals surface area (Å²) < 4.78 is 0. The van der Waals surface area contributed by atoms with Crippen molar-refractivity contribution in [1.82, 2.24) is 4.98 Å². The number of benzene rings is 2. The van der Waals surface area contributed by atoms with Gasteiger partial charge in [-0.2, -0.15) is 0 Å². The number of ketones is 1. The Morgan fingerprint density at radius 1 is 1.13 bits per heavy atom. The van der Waals surface area contributed by atoms with Gasteiger partial charge in [-0.15, -0.1) is 0 Å². The number of fused-ring (bicyclic) bond motifs is 1. The maximum absolute atomic E-state index is 13.0. The molecule has 1 unspecified atom stereocenters. The quantitative estimate of drug-likeness (QED) is 0.713. The highest BCUT2D eigenvalue weighted by Crippen LogP contribution is 2.34. The highest BCUT2D eigenvalue weighted by molar-refractivity contribution is 6.18. The van der Waals surface area contributed by atoms with E-state index in [0.29, 0.717) is 11.1 Å². The molecule has 2 N–H and O–H groups in total. The smallest absolute Gasteiger partial charge is 0.195 e. The molecule has 0 fully saturated rings. The van der Waals surface area contributed by atoms with Crippen LogP contribution in [0.5, 0.6) is 0 Å². The molecule has 1 aromatic heterocycles. The minimum Gasteiger partial charge on any atom is -0.396 e. The Labute approximate surface area is 136 Å². The molecule has 1 heterocycles. The first-order valence-corrected chi connectivity index (χ1v) is 7.87. The number of hydrogen-bond acceptors (Lipinski definition) is 2. The van der Waals surface area contributed by atoms with Crippen molar-refractivity contribution in [2.75, 3.05) is 6.61 Å². The van der Waals surface area contributed by atoms with Crippen molar-refractivity contribution < 1.29 is 9.90 Å². The van der Waals surface area contributed by atoms with Gasteiger partial charge in [-0.25, -0.2) is 0 Å². The van der Waals surface area contributed by atoms with Crippen molar-refractivity contribution in [3.8, 4) is 0 Å². The van der Waals surface area contributed by atoms with E-state index in [0.717, 1.165) is 27.7 Å². The molecule has 0 aliphatic rings. The third-order valence-electron chi connectivity index (χ3n) is 4.44. The number of H-pyrrole nitrogens is 1. The Morgan fingerprint density at radius 2 is 1.83 bits per heavy atom. The fraction of sp³-hybridized carbons (Fsp3) is 0.250. The van der Waals surface area contributed by atoms with E-state index < -0.39 is 0 Å². The largest absolute Gasteiger partial charge is 0.396 e. The third kappa shape index (κ3) is 2.57. The molecule has 0 saturated heterocycles. The van der Waals surface area contributed by atoms with Gasteiger partial charge in [0, 0.05) is 34.7 Å². The van der Waals surface area contributed by atoms with Crippen LogP contribution >= 0.6 is 0 Å². The Hall–Kier alpha value is -2.39. The topological polar surface area (TPSA) is 53.1 Å². The summed E-state index contributed by atoms with van der Waals surface area (Å²) in [5.41, 5.74) is 5.35. The predicted molar refractivity (Wildman–Crippen MR) is 93.1 cm³/mol. The molecule has 3 heteroatoms. The van der Waals surface area contributed by atoms with Crippen molar-refractivity contribution in [3.63, 3.8) is 0 Å². The molecule has 3 nitrogen and oxygen atoms in total. The van der Waals surface area contributed by atoms with Crippen molar-refractivity contribution in [1.29, 1.82) is 0 Å². The summed E-state index contributed by atoms with van der Waals surface area (Å²) in [5, 5.41) is 10.6. The number of aryl methyl sites for hydroxylation is 2. The van der Waals surface area contributed by atoms with Gasteiger partial charge < -0.3 is 10.1 Å². The van der Waals surface area contributed by atoms with Crippen LogP contribution < -0.4 is 0 Å². The van der Waals surface area contributed by atoms with Gasteiger partial charge in [0.15, 0.2) is 5.78 Å². The summed E-state index contributed by atoms with van der Waals surface area (Å²) in [6.07, 6.45) is 0. The molecule has 0 spiro atoms. The lowest BCUT2D eigenvalue weighted by Gasteiger charge is -2.15. The number of carbonyl (C=O) groups excluding carboxylic acids is 1. The van der Waals surface area contributed by atoms with Crippen LogP contribution in [-0.2, 0) is 0 Å².